The Morgan fingerprint density at radius 2 is 1.43 bits per heavy atom. The van der Waals surface area contributed by atoms with E-state index in [0.29, 0.717) is 0 Å². The number of nitrogens with one attached hydrogen (secondary N) is 1. The van der Waals surface area contributed by atoms with Crippen LogP contribution in [0.3, 0.4) is 0 Å². The predicted molar refractivity (Wildman–Crippen MR) is 167 cm³/mol. The van der Waals surface area contributed by atoms with Crippen LogP contribution in [0, 0.1) is 0 Å². The molecule has 9 rings (SSSR count). The van der Waals surface area contributed by atoms with Gasteiger partial charge in [-0.2, -0.15) is 0 Å². The molecule has 2 nitrogen and oxygen atoms in total. The highest BCUT2D eigenvalue weighted by Crippen LogP contribution is 2.64. The van der Waals surface area contributed by atoms with Crippen molar-refractivity contribution in [1.29, 1.82) is 0 Å². The average Bonchev–Trinajstić information content (AvgIpc) is 3.62. The summed E-state index contributed by atoms with van der Waals surface area (Å²) >= 11 is 0. The molecule has 1 aromatic heterocycles. The van der Waals surface area contributed by atoms with E-state index in [-0.39, 0.29) is 5.41 Å². The minimum atomic E-state index is -0.287. The van der Waals surface area contributed by atoms with E-state index in [1.54, 1.807) is 0 Å². The number of hydrogen-bond acceptors (Lipinski definition) is 1. The van der Waals surface area contributed by atoms with Gasteiger partial charge in [0.15, 0.2) is 0 Å². The number of hydrogen-bond donors (Lipinski definition) is 1. The van der Waals surface area contributed by atoms with Crippen LogP contribution in [0.25, 0.3) is 44.2 Å². The molecule has 1 heterocycles. The van der Waals surface area contributed by atoms with Gasteiger partial charge in [-0.25, -0.2) is 0 Å². The molecule has 5 aromatic carbocycles. The summed E-state index contributed by atoms with van der Waals surface area (Å²) in [5.74, 6) is 0. The van der Waals surface area contributed by atoms with Crippen molar-refractivity contribution >= 4 is 33.1 Å². The van der Waals surface area contributed by atoms with Gasteiger partial charge in [0, 0.05) is 29.2 Å². The fourth-order valence-corrected chi connectivity index (χ4v) is 7.98. The highest BCUT2D eigenvalue weighted by Gasteiger charge is 2.52. The van der Waals surface area contributed by atoms with Crippen LogP contribution in [0.2, 0.25) is 0 Å². The standard InChI is InChI=1S/C38H28N2/c1-39-24-19-21-34-29(23-24)37-35(40(34)25-11-3-2-4-12-25)22-20-33-36(37)28-15-7-10-18-32(28)38(33)30-16-8-5-13-26(30)27-14-6-9-17-31(27)38/h2-5,7-13,15-23,39H,6,14H2,1H3. The van der Waals surface area contributed by atoms with Crippen LogP contribution in [-0.2, 0) is 5.41 Å². The van der Waals surface area contributed by atoms with Crippen LogP contribution in [0.4, 0.5) is 5.69 Å². The number of allylic oxidation sites excluding steroid dienone is 4. The lowest BCUT2D eigenvalue weighted by Crippen LogP contribution is -2.27. The fourth-order valence-electron chi connectivity index (χ4n) is 7.98. The largest absolute Gasteiger partial charge is 0.388 e. The van der Waals surface area contributed by atoms with Crippen molar-refractivity contribution in [2.45, 2.75) is 18.3 Å². The molecule has 1 unspecified atom stereocenters. The molecule has 1 N–H and O–H groups in total. The normalized spacial score (nSPS) is 18.3. The molecular formula is C38H28N2. The van der Waals surface area contributed by atoms with Crippen molar-refractivity contribution < 1.29 is 0 Å². The van der Waals surface area contributed by atoms with E-state index in [9.17, 15) is 0 Å². The number of fused-ring (bicyclic) bond motifs is 13. The maximum absolute atomic E-state index is 3.39. The predicted octanol–water partition coefficient (Wildman–Crippen LogP) is 9.26. The minimum absolute atomic E-state index is 0.287. The first kappa shape index (κ1) is 22.0. The topological polar surface area (TPSA) is 17.0 Å². The first-order valence-electron chi connectivity index (χ1n) is 14.3. The lowest BCUT2D eigenvalue weighted by Gasteiger charge is -2.32. The van der Waals surface area contributed by atoms with Crippen molar-refractivity contribution in [3.63, 3.8) is 0 Å². The van der Waals surface area contributed by atoms with Crippen molar-refractivity contribution in [1.82, 2.24) is 4.57 Å². The second-order valence-corrected chi connectivity index (χ2v) is 11.2. The molecule has 0 radical (unpaired) electrons. The molecular weight excluding hydrogens is 484 g/mol. The third-order valence-corrected chi connectivity index (χ3v) is 9.47. The number of aromatic nitrogens is 1. The molecule has 0 amide bonds. The molecule has 2 heteroatoms. The van der Waals surface area contributed by atoms with Gasteiger partial charge in [-0.3, -0.25) is 0 Å². The summed E-state index contributed by atoms with van der Waals surface area (Å²) in [6.45, 7) is 0. The molecule has 40 heavy (non-hydrogen) atoms. The fraction of sp³-hybridized carbons (Fsp3) is 0.105. The number of nitrogens with zero attached hydrogens (tertiary/aromatic N) is 1. The number of anilines is 1. The van der Waals surface area contributed by atoms with Gasteiger partial charge in [-0.1, -0.05) is 84.9 Å². The number of rotatable bonds is 2. The molecule has 1 spiro atoms. The Labute approximate surface area is 233 Å². The zero-order valence-electron chi connectivity index (χ0n) is 22.4. The highest BCUT2D eigenvalue weighted by molar-refractivity contribution is 6.19. The first-order valence-corrected chi connectivity index (χ1v) is 14.3. The smallest absolute Gasteiger partial charge is 0.0722 e. The second-order valence-electron chi connectivity index (χ2n) is 11.2. The van der Waals surface area contributed by atoms with Gasteiger partial charge in [0.25, 0.3) is 0 Å². The first-order chi connectivity index (χ1) is 19.8. The Morgan fingerprint density at radius 1 is 0.700 bits per heavy atom. The van der Waals surface area contributed by atoms with E-state index in [4.69, 9.17) is 0 Å². The van der Waals surface area contributed by atoms with Gasteiger partial charge in [0.2, 0.25) is 0 Å². The van der Waals surface area contributed by atoms with Crippen LogP contribution < -0.4 is 5.32 Å². The van der Waals surface area contributed by atoms with E-state index in [2.05, 4.69) is 131 Å². The van der Waals surface area contributed by atoms with Crippen molar-refractivity contribution in [3.8, 4) is 16.8 Å². The van der Waals surface area contributed by atoms with Crippen LogP contribution in [-0.4, -0.2) is 11.6 Å². The Bertz CT molecular complexity index is 2090. The van der Waals surface area contributed by atoms with Gasteiger partial charge in [0.1, 0.15) is 0 Å². The van der Waals surface area contributed by atoms with Crippen molar-refractivity contribution in [3.05, 3.63) is 149 Å². The lowest BCUT2D eigenvalue weighted by atomic mass is 9.69. The summed E-state index contributed by atoms with van der Waals surface area (Å²) in [6.07, 6.45) is 7.02. The molecule has 3 aliphatic rings. The molecule has 0 fully saturated rings. The van der Waals surface area contributed by atoms with Gasteiger partial charge < -0.3 is 9.88 Å². The number of benzene rings is 5. The van der Waals surface area contributed by atoms with Crippen LogP contribution in [0.1, 0.15) is 35.1 Å². The van der Waals surface area contributed by atoms with Crippen LogP contribution >= 0.6 is 0 Å². The van der Waals surface area contributed by atoms with Crippen LogP contribution in [0.15, 0.2) is 127 Å². The Morgan fingerprint density at radius 3 is 2.25 bits per heavy atom. The minimum Gasteiger partial charge on any atom is -0.388 e. The Kier molecular flexibility index (Phi) is 4.33. The molecule has 6 aromatic rings. The van der Waals surface area contributed by atoms with Gasteiger partial charge in [-0.15, -0.1) is 0 Å². The molecule has 0 aliphatic heterocycles. The maximum atomic E-state index is 3.39. The van der Waals surface area contributed by atoms with Gasteiger partial charge in [-0.05, 0) is 93.8 Å². The maximum Gasteiger partial charge on any atom is 0.0722 e. The van der Waals surface area contributed by atoms with E-state index in [1.807, 2.05) is 7.05 Å². The van der Waals surface area contributed by atoms with Gasteiger partial charge >= 0.3 is 0 Å². The van der Waals surface area contributed by atoms with Crippen molar-refractivity contribution in [2.24, 2.45) is 0 Å². The molecule has 190 valence electrons. The Hall–Kier alpha value is -4.82. The molecule has 0 saturated carbocycles. The summed E-state index contributed by atoms with van der Waals surface area (Å²) in [5.41, 5.74) is 15.9. The third-order valence-electron chi connectivity index (χ3n) is 9.47. The van der Waals surface area contributed by atoms with E-state index in [1.165, 1.54) is 72.0 Å². The SMILES string of the molecule is CNc1ccc2c(c1)c1c3c(ccc1n2-c1ccccc1)C1(C2=C(CCC=C2)c2ccccc21)c1ccccc1-3. The summed E-state index contributed by atoms with van der Waals surface area (Å²) in [6, 6.07) is 40.7. The summed E-state index contributed by atoms with van der Waals surface area (Å²) in [4.78, 5) is 0. The summed E-state index contributed by atoms with van der Waals surface area (Å²) in [7, 11) is 2.01. The van der Waals surface area contributed by atoms with Crippen molar-refractivity contribution in [2.75, 3.05) is 12.4 Å². The summed E-state index contributed by atoms with van der Waals surface area (Å²) in [5, 5.41) is 6.02. The zero-order valence-corrected chi connectivity index (χ0v) is 22.4. The van der Waals surface area contributed by atoms with E-state index < -0.39 is 0 Å². The van der Waals surface area contributed by atoms with E-state index in [0.717, 1.165) is 18.5 Å². The highest BCUT2D eigenvalue weighted by atomic mass is 15.0. The average molecular weight is 513 g/mol. The monoisotopic (exact) mass is 512 g/mol. The molecule has 0 bridgehead atoms. The van der Waals surface area contributed by atoms with E-state index >= 15 is 0 Å². The molecule has 0 saturated heterocycles. The molecule has 3 aliphatic carbocycles. The molecule has 1 atom stereocenters. The number of para-hydroxylation sites is 1. The second kappa shape index (κ2) is 7.86. The summed E-state index contributed by atoms with van der Waals surface area (Å²) < 4.78 is 2.44. The lowest BCUT2D eigenvalue weighted by molar-refractivity contribution is 0.781. The quantitative estimate of drug-likeness (QED) is 0.245. The third kappa shape index (κ3) is 2.55. The Balaban J connectivity index is 1.50. The zero-order chi connectivity index (χ0) is 26.4. The van der Waals surface area contributed by atoms with Gasteiger partial charge in [0.05, 0.1) is 16.4 Å². The van der Waals surface area contributed by atoms with Crippen LogP contribution in [0.5, 0.6) is 0 Å².